The van der Waals surface area contributed by atoms with E-state index in [0.717, 1.165) is 31.5 Å². The van der Waals surface area contributed by atoms with Crippen molar-refractivity contribution < 1.29 is 9.90 Å². The van der Waals surface area contributed by atoms with E-state index in [4.69, 9.17) is 28.3 Å². The van der Waals surface area contributed by atoms with E-state index in [0.29, 0.717) is 10.0 Å². The van der Waals surface area contributed by atoms with Crippen LogP contribution in [0, 0.1) is 5.92 Å². The highest BCUT2D eigenvalue weighted by atomic mass is 35.5. The summed E-state index contributed by atoms with van der Waals surface area (Å²) in [4.78, 5) is 13.2. The number of likely N-dealkylation sites (tertiary alicyclic amines) is 1. The van der Waals surface area contributed by atoms with Crippen LogP contribution >= 0.6 is 23.2 Å². The lowest BCUT2D eigenvalue weighted by Crippen LogP contribution is -2.38. The molecule has 1 aliphatic rings. The van der Waals surface area contributed by atoms with Gasteiger partial charge >= 0.3 is 5.97 Å². The van der Waals surface area contributed by atoms with Crippen molar-refractivity contribution in [1.29, 1.82) is 0 Å². The van der Waals surface area contributed by atoms with Gasteiger partial charge in [0.15, 0.2) is 0 Å². The minimum Gasteiger partial charge on any atom is -0.481 e. The maximum absolute atomic E-state index is 10.9. The highest BCUT2D eigenvalue weighted by Gasteiger charge is 2.26. The molecular weight excluding hydrogens is 297 g/mol. The zero-order valence-electron chi connectivity index (χ0n) is 11.5. The molecule has 0 radical (unpaired) electrons. The van der Waals surface area contributed by atoms with Crippen molar-refractivity contribution in [3.63, 3.8) is 0 Å². The van der Waals surface area contributed by atoms with Crippen LogP contribution in [-0.4, -0.2) is 29.1 Å². The van der Waals surface area contributed by atoms with E-state index < -0.39 is 5.97 Å². The second kappa shape index (κ2) is 6.79. The van der Waals surface area contributed by atoms with Crippen molar-refractivity contribution in [1.82, 2.24) is 4.90 Å². The maximum Gasteiger partial charge on any atom is 0.303 e. The van der Waals surface area contributed by atoms with Crippen molar-refractivity contribution in [3.05, 3.63) is 33.8 Å². The average molecular weight is 316 g/mol. The van der Waals surface area contributed by atoms with E-state index in [2.05, 4.69) is 11.8 Å². The van der Waals surface area contributed by atoms with Gasteiger partial charge in [-0.25, -0.2) is 0 Å². The van der Waals surface area contributed by atoms with Gasteiger partial charge in [0.1, 0.15) is 0 Å². The first-order valence-electron chi connectivity index (χ1n) is 6.88. The average Bonchev–Trinajstić information content (AvgIpc) is 2.37. The molecule has 110 valence electrons. The predicted molar refractivity (Wildman–Crippen MR) is 81.4 cm³/mol. The molecule has 2 rings (SSSR count). The van der Waals surface area contributed by atoms with Crippen LogP contribution in [0.4, 0.5) is 0 Å². The Balaban J connectivity index is 2.08. The van der Waals surface area contributed by atoms with Crippen molar-refractivity contribution in [3.8, 4) is 0 Å². The number of halogens is 2. The number of aliphatic carboxylic acids is 1. The normalized spacial score (nSPS) is 21.6. The molecule has 0 aliphatic carbocycles. The van der Waals surface area contributed by atoms with Gasteiger partial charge in [-0.3, -0.25) is 9.69 Å². The molecule has 1 heterocycles. The zero-order chi connectivity index (χ0) is 14.7. The van der Waals surface area contributed by atoms with Gasteiger partial charge in [0.2, 0.25) is 0 Å². The molecule has 2 unspecified atom stereocenters. The number of rotatable bonds is 4. The van der Waals surface area contributed by atoms with Crippen LogP contribution in [0.3, 0.4) is 0 Å². The van der Waals surface area contributed by atoms with Gasteiger partial charge in [0.05, 0.1) is 0 Å². The third-order valence-corrected chi connectivity index (χ3v) is 4.54. The Morgan fingerprint density at radius 2 is 2.25 bits per heavy atom. The van der Waals surface area contributed by atoms with Gasteiger partial charge in [0.25, 0.3) is 0 Å². The molecule has 1 aliphatic heterocycles. The van der Waals surface area contributed by atoms with E-state index in [1.165, 1.54) is 0 Å². The molecule has 0 bridgehead atoms. The minimum absolute atomic E-state index is 0.177. The molecule has 1 fully saturated rings. The van der Waals surface area contributed by atoms with Gasteiger partial charge in [-0.05, 0) is 49.9 Å². The van der Waals surface area contributed by atoms with Gasteiger partial charge < -0.3 is 5.11 Å². The topological polar surface area (TPSA) is 40.5 Å². The first kappa shape index (κ1) is 15.6. The predicted octanol–water partition coefficient (Wildman–Crippen LogP) is 4.24. The molecule has 1 saturated heterocycles. The Morgan fingerprint density at radius 3 is 2.90 bits per heavy atom. The van der Waals surface area contributed by atoms with E-state index >= 15 is 0 Å². The highest BCUT2D eigenvalue weighted by Crippen LogP contribution is 2.32. The summed E-state index contributed by atoms with van der Waals surface area (Å²) >= 11 is 12.2. The molecule has 0 saturated carbocycles. The second-order valence-corrected chi connectivity index (χ2v) is 6.29. The van der Waals surface area contributed by atoms with E-state index in [9.17, 15) is 4.79 Å². The standard InChI is InChI=1S/C15H19Cl2NO2/c1-10(13-5-4-12(16)8-14(13)17)18-6-2-3-11(9-18)7-15(19)20/h4-5,8,10-11H,2-3,6-7,9H2,1H3,(H,19,20). The Hall–Kier alpha value is -0.770. The minimum atomic E-state index is -0.714. The molecule has 1 N–H and O–H groups in total. The summed E-state index contributed by atoms with van der Waals surface area (Å²) in [5.41, 5.74) is 1.05. The first-order chi connectivity index (χ1) is 9.47. The Labute approximate surface area is 129 Å². The molecule has 3 nitrogen and oxygen atoms in total. The summed E-state index contributed by atoms with van der Waals surface area (Å²) in [6, 6.07) is 5.73. The third-order valence-electron chi connectivity index (χ3n) is 3.97. The van der Waals surface area contributed by atoms with Crippen LogP contribution in [0.2, 0.25) is 10.0 Å². The van der Waals surface area contributed by atoms with E-state index in [-0.39, 0.29) is 18.4 Å². The van der Waals surface area contributed by atoms with Crippen molar-refractivity contribution in [2.24, 2.45) is 5.92 Å². The molecule has 0 spiro atoms. The van der Waals surface area contributed by atoms with Crippen LogP contribution < -0.4 is 0 Å². The maximum atomic E-state index is 10.9. The number of hydrogen-bond donors (Lipinski definition) is 1. The van der Waals surface area contributed by atoms with Crippen LogP contribution in [0.25, 0.3) is 0 Å². The van der Waals surface area contributed by atoms with Gasteiger partial charge in [-0.2, -0.15) is 0 Å². The molecule has 1 aromatic rings. The number of benzene rings is 1. The molecule has 1 aromatic carbocycles. The zero-order valence-corrected chi connectivity index (χ0v) is 13.0. The fourth-order valence-electron chi connectivity index (χ4n) is 2.90. The van der Waals surface area contributed by atoms with Crippen LogP contribution in [0.1, 0.15) is 37.8 Å². The largest absolute Gasteiger partial charge is 0.481 e. The number of hydrogen-bond acceptors (Lipinski definition) is 2. The summed E-state index contributed by atoms with van der Waals surface area (Å²) in [7, 11) is 0. The second-order valence-electron chi connectivity index (χ2n) is 5.44. The summed E-state index contributed by atoms with van der Waals surface area (Å²) in [6.07, 6.45) is 2.27. The fourth-order valence-corrected chi connectivity index (χ4v) is 3.47. The molecule has 0 aromatic heterocycles. The van der Waals surface area contributed by atoms with Gasteiger partial charge in [-0.15, -0.1) is 0 Å². The van der Waals surface area contributed by atoms with E-state index in [1.54, 1.807) is 6.07 Å². The SMILES string of the molecule is CC(c1ccc(Cl)cc1Cl)N1CCCC(CC(=O)O)C1. The highest BCUT2D eigenvalue weighted by molar-refractivity contribution is 6.35. The van der Waals surface area contributed by atoms with Gasteiger partial charge in [0, 0.05) is 29.1 Å². The molecule has 2 atom stereocenters. The smallest absolute Gasteiger partial charge is 0.303 e. The number of carboxylic acids is 1. The number of nitrogens with zero attached hydrogens (tertiary/aromatic N) is 1. The molecule has 5 heteroatoms. The molecule has 0 amide bonds. The lowest BCUT2D eigenvalue weighted by atomic mass is 9.93. The summed E-state index contributed by atoms with van der Waals surface area (Å²) in [5.74, 6) is -0.483. The molecular formula is C15H19Cl2NO2. The van der Waals surface area contributed by atoms with Crippen LogP contribution in [-0.2, 0) is 4.79 Å². The van der Waals surface area contributed by atoms with Crippen LogP contribution in [0.15, 0.2) is 18.2 Å². The number of piperidine rings is 1. The van der Waals surface area contributed by atoms with E-state index in [1.807, 2.05) is 12.1 Å². The van der Waals surface area contributed by atoms with Crippen molar-refractivity contribution >= 4 is 29.2 Å². The number of carbonyl (C=O) groups is 1. The summed E-state index contributed by atoms with van der Waals surface area (Å²) in [5, 5.41) is 10.2. The number of carboxylic acid groups (broad SMARTS) is 1. The van der Waals surface area contributed by atoms with Crippen molar-refractivity contribution in [2.75, 3.05) is 13.1 Å². The fraction of sp³-hybridized carbons (Fsp3) is 0.533. The molecule has 20 heavy (non-hydrogen) atoms. The van der Waals surface area contributed by atoms with Crippen LogP contribution in [0.5, 0.6) is 0 Å². The first-order valence-corrected chi connectivity index (χ1v) is 7.63. The lowest BCUT2D eigenvalue weighted by Gasteiger charge is -2.36. The third kappa shape index (κ3) is 3.87. The Kier molecular flexibility index (Phi) is 5.30. The monoisotopic (exact) mass is 315 g/mol. The van der Waals surface area contributed by atoms with Crippen molar-refractivity contribution in [2.45, 2.75) is 32.2 Å². The quantitative estimate of drug-likeness (QED) is 0.903. The lowest BCUT2D eigenvalue weighted by molar-refractivity contribution is -0.138. The summed E-state index contributed by atoms with van der Waals surface area (Å²) in [6.45, 7) is 3.90. The summed E-state index contributed by atoms with van der Waals surface area (Å²) < 4.78 is 0. The Morgan fingerprint density at radius 1 is 1.50 bits per heavy atom. The Bertz CT molecular complexity index is 493. The van der Waals surface area contributed by atoms with Gasteiger partial charge in [-0.1, -0.05) is 29.3 Å².